The van der Waals surface area contributed by atoms with Gasteiger partial charge in [-0.3, -0.25) is 4.57 Å². The van der Waals surface area contributed by atoms with E-state index in [0.717, 1.165) is 22.3 Å². The maximum Gasteiger partial charge on any atom is 0.356 e. The normalized spacial score (nSPS) is 11.1. The second-order valence-electron chi connectivity index (χ2n) is 7.63. The number of nitrogens with zero attached hydrogens (tertiary/aromatic N) is 2. The van der Waals surface area contributed by atoms with Gasteiger partial charge in [0.1, 0.15) is 11.6 Å². The molecule has 32 heavy (non-hydrogen) atoms. The maximum atomic E-state index is 13.9. The number of hydrogen-bond donors (Lipinski definition) is 1. The predicted molar refractivity (Wildman–Crippen MR) is 126 cm³/mol. The molecule has 1 heterocycles. The lowest BCUT2D eigenvalue weighted by molar-refractivity contribution is 0.0692. The summed E-state index contributed by atoms with van der Waals surface area (Å²) in [4.78, 5) is 16.7. The Bertz CT molecular complexity index is 1380. The number of aromatic carboxylic acids is 1. The van der Waals surface area contributed by atoms with Gasteiger partial charge in [0.15, 0.2) is 5.69 Å². The molecule has 0 aliphatic carbocycles. The number of hydrogen-bond acceptors (Lipinski definition) is 2. The van der Waals surface area contributed by atoms with E-state index >= 15 is 0 Å². The lowest BCUT2D eigenvalue weighted by Crippen LogP contribution is -2.05. The van der Waals surface area contributed by atoms with Crippen LogP contribution >= 0.6 is 23.2 Å². The topological polar surface area (TPSA) is 55.1 Å². The summed E-state index contributed by atoms with van der Waals surface area (Å²) in [6.45, 7) is 5.88. The molecule has 0 atom stereocenters. The smallest absolute Gasteiger partial charge is 0.356 e. The molecule has 162 valence electrons. The molecule has 0 saturated carbocycles. The van der Waals surface area contributed by atoms with Crippen molar-refractivity contribution in [3.8, 4) is 28.3 Å². The average Bonchev–Trinajstić information content (AvgIpc) is 3.14. The van der Waals surface area contributed by atoms with E-state index in [1.54, 1.807) is 16.7 Å². The van der Waals surface area contributed by atoms with Crippen LogP contribution in [0.1, 0.15) is 27.2 Å². The Hall–Kier alpha value is -3.15. The van der Waals surface area contributed by atoms with Crippen molar-refractivity contribution in [3.05, 3.63) is 92.8 Å². The van der Waals surface area contributed by atoms with Crippen molar-refractivity contribution in [2.24, 2.45) is 0 Å². The first-order chi connectivity index (χ1) is 15.2. The van der Waals surface area contributed by atoms with Crippen LogP contribution < -0.4 is 0 Å². The first kappa shape index (κ1) is 22.1. The van der Waals surface area contributed by atoms with E-state index in [1.165, 1.54) is 18.2 Å². The molecule has 0 aliphatic rings. The molecular formula is C25H19Cl2FN2O2. The van der Waals surface area contributed by atoms with Crippen LogP contribution in [0.5, 0.6) is 0 Å². The predicted octanol–water partition coefficient (Wildman–Crippen LogP) is 7.28. The van der Waals surface area contributed by atoms with E-state index in [0.29, 0.717) is 22.1 Å². The second kappa shape index (κ2) is 8.41. The number of halogens is 3. The minimum atomic E-state index is -1.20. The number of imidazole rings is 1. The molecule has 4 rings (SSSR count). The largest absolute Gasteiger partial charge is 0.476 e. The van der Waals surface area contributed by atoms with Gasteiger partial charge in [-0.15, -0.1) is 0 Å². The monoisotopic (exact) mass is 468 g/mol. The van der Waals surface area contributed by atoms with Gasteiger partial charge >= 0.3 is 5.97 Å². The Balaban J connectivity index is 2.15. The standard InChI is InChI=1S/C25H19Cl2FN2O2/c1-13-4-6-17(10-15(13)3)24-29-22(25(31)32)23(16-7-9-20(28)19(27)11-16)30(24)21-12-18(26)8-5-14(21)2/h4-12H,1-3H3,(H,31,32). The molecular weight excluding hydrogens is 450 g/mol. The van der Waals surface area contributed by atoms with Gasteiger partial charge in [0.25, 0.3) is 0 Å². The van der Waals surface area contributed by atoms with E-state index in [4.69, 9.17) is 23.2 Å². The van der Waals surface area contributed by atoms with Crippen molar-refractivity contribution in [2.75, 3.05) is 0 Å². The van der Waals surface area contributed by atoms with E-state index in [-0.39, 0.29) is 16.4 Å². The highest BCUT2D eigenvalue weighted by molar-refractivity contribution is 6.31. The van der Waals surface area contributed by atoms with Crippen molar-refractivity contribution in [3.63, 3.8) is 0 Å². The molecule has 0 spiro atoms. The first-order valence-electron chi connectivity index (χ1n) is 9.83. The zero-order valence-electron chi connectivity index (χ0n) is 17.6. The Morgan fingerprint density at radius 3 is 2.25 bits per heavy atom. The van der Waals surface area contributed by atoms with Gasteiger partial charge in [-0.05, 0) is 73.9 Å². The third kappa shape index (κ3) is 3.90. The Morgan fingerprint density at radius 1 is 0.906 bits per heavy atom. The minimum absolute atomic E-state index is 0.109. The zero-order chi connectivity index (χ0) is 23.2. The fourth-order valence-corrected chi connectivity index (χ4v) is 3.96. The Kier molecular flexibility index (Phi) is 5.80. The van der Waals surface area contributed by atoms with E-state index in [9.17, 15) is 14.3 Å². The van der Waals surface area contributed by atoms with E-state index in [1.807, 2.05) is 45.0 Å². The Labute approximate surface area is 194 Å². The second-order valence-corrected chi connectivity index (χ2v) is 8.48. The van der Waals surface area contributed by atoms with Gasteiger partial charge in [-0.25, -0.2) is 14.2 Å². The number of aryl methyl sites for hydroxylation is 3. The first-order valence-corrected chi connectivity index (χ1v) is 10.6. The number of aromatic nitrogens is 2. The molecule has 0 aliphatic heterocycles. The highest BCUT2D eigenvalue weighted by Gasteiger charge is 2.26. The highest BCUT2D eigenvalue weighted by Crippen LogP contribution is 2.37. The molecule has 0 unspecified atom stereocenters. The fraction of sp³-hybridized carbons (Fsp3) is 0.120. The number of rotatable bonds is 4. The van der Waals surface area contributed by atoms with Gasteiger partial charge in [-0.1, -0.05) is 41.4 Å². The van der Waals surface area contributed by atoms with Crippen LogP contribution in [0.4, 0.5) is 4.39 Å². The van der Waals surface area contributed by atoms with Crippen LogP contribution in [-0.4, -0.2) is 20.6 Å². The number of benzene rings is 3. The molecule has 0 bridgehead atoms. The number of carboxylic acids is 1. The highest BCUT2D eigenvalue weighted by atomic mass is 35.5. The molecule has 4 nitrogen and oxygen atoms in total. The van der Waals surface area contributed by atoms with Crippen LogP contribution in [0.3, 0.4) is 0 Å². The third-order valence-electron chi connectivity index (χ3n) is 5.45. The van der Waals surface area contributed by atoms with Crippen molar-refractivity contribution in [1.82, 2.24) is 9.55 Å². The maximum absolute atomic E-state index is 13.9. The summed E-state index contributed by atoms with van der Waals surface area (Å²) < 4.78 is 15.6. The van der Waals surface area contributed by atoms with Gasteiger partial charge in [0.2, 0.25) is 0 Å². The van der Waals surface area contributed by atoms with Crippen LogP contribution in [0, 0.1) is 26.6 Å². The number of carboxylic acid groups (broad SMARTS) is 1. The summed E-state index contributed by atoms with van der Waals surface area (Å²) in [5.74, 6) is -1.36. The summed E-state index contributed by atoms with van der Waals surface area (Å²) in [6.07, 6.45) is 0. The van der Waals surface area contributed by atoms with Gasteiger partial charge < -0.3 is 5.11 Å². The van der Waals surface area contributed by atoms with Crippen LogP contribution in [-0.2, 0) is 0 Å². The molecule has 4 aromatic rings. The molecule has 1 N–H and O–H groups in total. The quantitative estimate of drug-likeness (QED) is 0.342. The van der Waals surface area contributed by atoms with Gasteiger partial charge in [0.05, 0.1) is 16.4 Å². The van der Waals surface area contributed by atoms with Crippen LogP contribution in [0.2, 0.25) is 10.0 Å². The van der Waals surface area contributed by atoms with Gasteiger partial charge in [-0.2, -0.15) is 0 Å². The lowest BCUT2D eigenvalue weighted by atomic mass is 10.1. The molecule has 0 amide bonds. The molecule has 0 radical (unpaired) electrons. The zero-order valence-corrected chi connectivity index (χ0v) is 19.1. The SMILES string of the molecule is Cc1ccc(-c2nc(C(=O)O)c(-c3ccc(F)c(Cl)c3)n2-c2cc(Cl)ccc2C)cc1C. The van der Waals surface area contributed by atoms with E-state index < -0.39 is 11.8 Å². The summed E-state index contributed by atoms with van der Waals surface area (Å²) in [5, 5.41) is 10.4. The summed E-state index contributed by atoms with van der Waals surface area (Å²) in [5.41, 5.74) is 4.98. The minimum Gasteiger partial charge on any atom is -0.476 e. The molecule has 0 fully saturated rings. The summed E-state index contributed by atoms with van der Waals surface area (Å²) in [7, 11) is 0. The molecule has 3 aromatic carbocycles. The molecule has 0 saturated heterocycles. The van der Waals surface area contributed by atoms with Crippen molar-refractivity contribution in [2.45, 2.75) is 20.8 Å². The number of carbonyl (C=O) groups is 1. The van der Waals surface area contributed by atoms with Crippen molar-refractivity contribution < 1.29 is 14.3 Å². The van der Waals surface area contributed by atoms with Crippen molar-refractivity contribution in [1.29, 1.82) is 0 Å². The molecule has 7 heteroatoms. The average molecular weight is 469 g/mol. The fourth-order valence-electron chi connectivity index (χ4n) is 3.61. The summed E-state index contributed by atoms with van der Waals surface area (Å²) in [6, 6.07) is 15.3. The lowest BCUT2D eigenvalue weighted by Gasteiger charge is -2.16. The van der Waals surface area contributed by atoms with E-state index in [2.05, 4.69) is 4.98 Å². The Morgan fingerprint density at radius 2 is 1.59 bits per heavy atom. The van der Waals surface area contributed by atoms with Crippen LogP contribution in [0.25, 0.3) is 28.3 Å². The van der Waals surface area contributed by atoms with Crippen LogP contribution in [0.15, 0.2) is 54.6 Å². The van der Waals surface area contributed by atoms with Gasteiger partial charge in [0, 0.05) is 16.1 Å². The molecule has 1 aromatic heterocycles. The third-order valence-corrected chi connectivity index (χ3v) is 5.97. The van der Waals surface area contributed by atoms with Crippen molar-refractivity contribution >= 4 is 29.2 Å². The summed E-state index contributed by atoms with van der Waals surface area (Å²) >= 11 is 12.3.